The van der Waals surface area contributed by atoms with E-state index in [2.05, 4.69) is 27.5 Å². The summed E-state index contributed by atoms with van der Waals surface area (Å²) in [7, 11) is 3.39. The summed E-state index contributed by atoms with van der Waals surface area (Å²) in [6, 6.07) is 3.74. The molecule has 2 heterocycles. The Labute approximate surface area is 142 Å². The van der Waals surface area contributed by atoms with Crippen LogP contribution in [0, 0.1) is 0 Å². The first kappa shape index (κ1) is 16.7. The van der Waals surface area contributed by atoms with Crippen molar-refractivity contribution < 1.29 is 9.53 Å². The number of nitrogens with one attached hydrogen (secondary N) is 1. The number of aryl methyl sites for hydroxylation is 1. The summed E-state index contributed by atoms with van der Waals surface area (Å²) >= 11 is 0. The SMILES string of the molecule is CCN1CCCC[C@H](NC(=O)c2cc3nnn(C)c3cc2OC)C1. The van der Waals surface area contributed by atoms with E-state index >= 15 is 0 Å². The molecule has 0 aliphatic carbocycles. The smallest absolute Gasteiger partial charge is 0.255 e. The number of likely N-dealkylation sites (N-methyl/N-ethyl adjacent to an activating group) is 1. The number of nitrogens with zero attached hydrogens (tertiary/aromatic N) is 4. The second kappa shape index (κ2) is 7.17. The molecule has 1 aromatic carbocycles. The van der Waals surface area contributed by atoms with Gasteiger partial charge in [-0.1, -0.05) is 18.6 Å². The number of ether oxygens (including phenoxy) is 1. The lowest BCUT2D eigenvalue weighted by atomic mass is 10.1. The summed E-state index contributed by atoms with van der Waals surface area (Å²) in [5.41, 5.74) is 2.05. The third-order valence-corrected chi connectivity index (χ3v) is 4.71. The molecule has 1 saturated heterocycles. The van der Waals surface area contributed by atoms with E-state index in [1.54, 1.807) is 17.9 Å². The van der Waals surface area contributed by atoms with Gasteiger partial charge in [-0.2, -0.15) is 0 Å². The molecular formula is C17H25N5O2. The van der Waals surface area contributed by atoms with E-state index in [0.717, 1.165) is 38.0 Å². The summed E-state index contributed by atoms with van der Waals surface area (Å²) in [6.45, 7) is 5.19. The number of methoxy groups -OCH3 is 1. The summed E-state index contributed by atoms with van der Waals surface area (Å²) < 4.78 is 7.09. The highest BCUT2D eigenvalue weighted by atomic mass is 16.5. The molecule has 0 unspecified atom stereocenters. The minimum Gasteiger partial charge on any atom is -0.496 e. The van der Waals surface area contributed by atoms with E-state index in [4.69, 9.17) is 4.74 Å². The minimum absolute atomic E-state index is 0.109. The Bertz CT molecular complexity index is 727. The van der Waals surface area contributed by atoms with Gasteiger partial charge in [-0.05, 0) is 32.0 Å². The fourth-order valence-electron chi connectivity index (χ4n) is 3.30. The van der Waals surface area contributed by atoms with E-state index in [1.165, 1.54) is 6.42 Å². The van der Waals surface area contributed by atoms with E-state index in [1.807, 2.05) is 13.1 Å². The van der Waals surface area contributed by atoms with Gasteiger partial charge in [-0.15, -0.1) is 5.10 Å². The fourth-order valence-corrected chi connectivity index (χ4v) is 3.30. The van der Waals surface area contributed by atoms with Crippen LogP contribution in [-0.2, 0) is 7.05 Å². The number of amides is 1. The van der Waals surface area contributed by atoms with Gasteiger partial charge in [0.15, 0.2) is 0 Å². The van der Waals surface area contributed by atoms with Gasteiger partial charge in [0.05, 0.1) is 18.2 Å². The zero-order chi connectivity index (χ0) is 17.1. The van der Waals surface area contributed by atoms with Gasteiger partial charge in [0.25, 0.3) is 5.91 Å². The number of carbonyl (C=O) groups is 1. The van der Waals surface area contributed by atoms with Crippen LogP contribution < -0.4 is 10.1 Å². The van der Waals surface area contributed by atoms with Crippen LogP contribution in [0.15, 0.2) is 12.1 Å². The van der Waals surface area contributed by atoms with Crippen LogP contribution in [0.5, 0.6) is 5.75 Å². The van der Waals surface area contributed by atoms with Gasteiger partial charge >= 0.3 is 0 Å². The van der Waals surface area contributed by atoms with Crippen molar-refractivity contribution >= 4 is 16.9 Å². The summed E-state index contributed by atoms with van der Waals surface area (Å²) in [6.07, 6.45) is 3.34. The van der Waals surface area contributed by atoms with Crippen LogP contribution in [0.2, 0.25) is 0 Å². The first-order valence-corrected chi connectivity index (χ1v) is 8.53. The van der Waals surface area contributed by atoms with E-state index in [9.17, 15) is 4.79 Å². The maximum absolute atomic E-state index is 12.8. The zero-order valence-electron chi connectivity index (χ0n) is 14.6. The van der Waals surface area contributed by atoms with Crippen LogP contribution in [0.1, 0.15) is 36.5 Å². The Balaban J connectivity index is 1.82. The van der Waals surface area contributed by atoms with Crippen molar-refractivity contribution in [2.24, 2.45) is 7.05 Å². The van der Waals surface area contributed by atoms with Crippen molar-refractivity contribution in [3.8, 4) is 5.75 Å². The molecule has 1 N–H and O–H groups in total. The maximum atomic E-state index is 12.8. The highest BCUT2D eigenvalue weighted by molar-refractivity contribution is 6.00. The number of hydrogen-bond acceptors (Lipinski definition) is 5. The number of fused-ring (bicyclic) bond motifs is 1. The highest BCUT2D eigenvalue weighted by Gasteiger charge is 2.22. The first-order valence-electron chi connectivity index (χ1n) is 8.53. The molecule has 7 nitrogen and oxygen atoms in total. The lowest BCUT2D eigenvalue weighted by Gasteiger charge is -2.23. The van der Waals surface area contributed by atoms with Crippen LogP contribution in [0.3, 0.4) is 0 Å². The third kappa shape index (κ3) is 3.36. The van der Waals surface area contributed by atoms with Crippen LogP contribution in [0.4, 0.5) is 0 Å². The summed E-state index contributed by atoms with van der Waals surface area (Å²) in [5, 5.41) is 11.3. The fraction of sp³-hybridized carbons (Fsp3) is 0.588. The van der Waals surface area contributed by atoms with Gasteiger partial charge in [-0.25, -0.2) is 4.68 Å². The number of carbonyl (C=O) groups excluding carboxylic acids is 1. The second-order valence-electron chi connectivity index (χ2n) is 6.31. The van der Waals surface area contributed by atoms with Crippen LogP contribution in [0.25, 0.3) is 11.0 Å². The predicted molar refractivity (Wildman–Crippen MR) is 92.3 cm³/mol. The predicted octanol–water partition coefficient (Wildman–Crippen LogP) is 1.58. The molecule has 0 radical (unpaired) electrons. The molecule has 1 amide bonds. The standard InChI is InChI=1S/C17H25N5O2/c1-4-22-8-6-5-7-12(11-22)18-17(23)13-9-14-15(10-16(13)24-3)21(2)20-19-14/h9-10,12H,4-8,11H2,1-3H3,(H,18,23)/t12-/m0/s1. The molecule has 1 aliphatic heterocycles. The molecule has 3 rings (SSSR count). The number of benzene rings is 1. The largest absolute Gasteiger partial charge is 0.496 e. The Morgan fingerprint density at radius 1 is 1.42 bits per heavy atom. The molecule has 1 fully saturated rings. The molecule has 1 aromatic heterocycles. The average molecular weight is 331 g/mol. The van der Waals surface area contributed by atoms with Crippen molar-refractivity contribution in [2.75, 3.05) is 26.7 Å². The molecule has 1 aliphatic rings. The third-order valence-electron chi connectivity index (χ3n) is 4.71. The van der Waals surface area contributed by atoms with Crippen molar-refractivity contribution in [3.63, 3.8) is 0 Å². The average Bonchev–Trinajstić information content (AvgIpc) is 2.81. The normalized spacial score (nSPS) is 19.2. The Hall–Kier alpha value is -2.15. The van der Waals surface area contributed by atoms with Gasteiger partial charge < -0.3 is 15.0 Å². The number of rotatable bonds is 4. The lowest BCUT2D eigenvalue weighted by molar-refractivity contribution is 0.0924. The van der Waals surface area contributed by atoms with Crippen molar-refractivity contribution in [3.05, 3.63) is 17.7 Å². The molecule has 0 bridgehead atoms. The van der Waals surface area contributed by atoms with Crippen molar-refractivity contribution in [2.45, 2.75) is 32.2 Å². The minimum atomic E-state index is -0.109. The molecular weight excluding hydrogens is 306 g/mol. The van der Waals surface area contributed by atoms with Gasteiger partial charge in [0.2, 0.25) is 0 Å². The van der Waals surface area contributed by atoms with Crippen molar-refractivity contribution in [1.82, 2.24) is 25.2 Å². The molecule has 24 heavy (non-hydrogen) atoms. The van der Waals surface area contributed by atoms with E-state index in [-0.39, 0.29) is 11.9 Å². The molecule has 1 atom stereocenters. The van der Waals surface area contributed by atoms with Crippen molar-refractivity contribution in [1.29, 1.82) is 0 Å². The van der Waals surface area contributed by atoms with Crippen LogP contribution >= 0.6 is 0 Å². The number of likely N-dealkylation sites (tertiary alicyclic amines) is 1. The maximum Gasteiger partial charge on any atom is 0.255 e. The molecule has 0 saturated carbocycles. The Morgan fingerprint density at radius 2 is 2.25 bits per heavy atom. The Morgan fingerprint density at radius 3 is 3.00 bits per heavy atom. The second-order valence-corrected chi connectivity index (χ2v) is 6.31. The molecule has 0 spiro atoms. The molecule has 130 valence electrons. The van der Waals surface area contributed by atoms with Gasteiger partial charge in [-0.3, -0.25) is 4.79 Å². The Kier molecular flexibility index (Phi) is 4.99. The number of hydrogen-bond donors (Lipinski definition) is 1. The lowest BCUT2D eigenvalue weighted by Crippen LogP contribution is -2.42. The summed E-state index contributed by atoms with van der Waals surface area (Å²) in [4.78, 5) is 15.2. The van der Waals surface area contributed by atoms with Crippen LogP contribution in [-0.4, -0.2) is 58.6 Å². The molecule has 7 heteroatoms. The molecule has 2 aromatic rings. The topological polar surface area (TPSA) is 72.3 Å². The summed E-state index contributed by atoms with van der Waals surface area (Å²) in [5.74, 6) is 0.439. The quantitative estimate of drug-likeness (QED) is 0.921. The van der Waals surface area contributed by atoms with E-state index in [0.29, 0.717) is 16.8 Å². The first-order chi connectivity index (χ1) is 11.6. The monoisotopic (exact) mass is 331 g/mol. The highest BCUT2D eigenvalue weighted by Crippen LogP contribution is 2.25. The van der Waals surface area contributed by atoms with Gasteiger partial charge in [0, 0.05) is 25.7 Å². The van der Waals surface area contributed by atoms with E-state index < -0.39 is 0 Å². The zero-order valence-corrected chi connectivity index (χ0v) is 14.6. The number of aromatic nitrogens is 3. The van der Waals surface area contributed by atoms with Gasteiger partial charge in [0.1, 0.15) is 11.3 Å².